The highest BCUT2D eigenvalue weighted by molar-refractivity contribution is 5.94. The van der Waals surface area contributed by atoms with Gasteiger partial charge in [-0.05, 0) is 24.3 Å². The molecule has 2 amide bonds. The van der Waals surface area contributed by atoms with E-state index < -0.39 is 11.7 Å². The fourth-order valence-corrected chi connectivity index (χ4v) is 3.46. The fraction of sp³-hybridized carbons (Fsp3) is 0.300. The van der Waals surface area contributed by atoms with E-state index in [-0.39, 0.29) is 23.2 Å². The first-order valence-electron chi connectivity index (χ1n) is 9.31. The van der Waals surface area contributed by atoms with Crippen LogP contribution in [0.25, 0.3) is 17.0 Å². The number of hydrogen-bond acceptors (Lipinski definition) is 4. The molecule has 0 unspecified atom stereocenters. The second-order valence-corrected chi connectivity index (χ2v) is 7.05. The molecule has 1 aliphatic rings. The molecule has 1 aliphatic heterocycles. The molecule has 0 aliphatic carbocycles. The molecule has 7 nitrogen and oxygen atoms in total. The summed E-state index contributed by atoms with van der Waals surface area (Å²) < 4.78 is 40.7. The lowest BCUT2D eigenvalue weighted by molar-refractivity contribution is -0.137. The van der Waals surface area contributed by atoms with Crippen LogP contribution in [-0.2, 0) is 11.0 Å². The highest BCUT2D eigenvalue weighted by atomic mass is 19.4. The first kappa shape index (κ1) is 19.9. The average molecular weight is 417 g/mol. The van der Waals surface area contributed by atoms with Gasteiger partial charge in [-0.2, -0.15) is 13.2 Å². The van der Waals surface area contributed by atoms with Crippen LogP contribution in [0.4, 0.5) is 13.2 Å². The summed E-state index contributed by atoms with van der Waals surface area (Å²) in [5.74, 6) is -0.0327. The van der Waals surface area contributed by atoms with Gasteiger partial charge in [-0.15, -0.1) is 10.2 Å². The molecular formula is C20H18F3N5O2. The number of alkyl halides is 3. The highest BCUT2D eigenvalue weighted by Crippen LogP contribution is 2.31. The van der Waals surface area contributed by atoms with E-state index in [1.54, 1.807) is 21.9 Å². The minimum atomic E-state index is -4.47. The van der Waals surface area contributed by atoms with Crippen LogP contribution in [0.2, 0.25) is 0 Å². The van der Waals surface area contributed by atoms with E-state index in [2.05, 4.69) is 10.2 Å². The maximum absolute atomic E-state index is 13.1. The molecule has 0 N–H and O–H groups in total. The molecule has 3 aromatic rings. The van der Waals surface area contributed by atoms with Crippen LogP contribution in [0.5, 0.6) is 0 Å². The third kappa shape index (κ3) is 3.72. The third-order valence-corrected chi connectivity index (χ3v) is 5.11. The van der Waals surface area contributed by atoms with Crippen LogP contribution >= 0.6 is 0 Å². The number of benzene rings is 1. The zero-order valence-corrected chi connectivity index (χ0v) is 16.1. The zero-order chi connectivity index (χ0) is 21.5. The van der Waals surface area contributed by atoms with Crippen molar-refractivity contribution < 1.29 is 22.8 Å². The summed E-state index contributed by atoms with van der Waals surface area (Å²) >= 11 is 0. The van der Waals surface area contributed by atoms with Crippen LogP contribution < -0.4 is 0 Å². The summed E-state index contributed by atoms with van der Waals surface area (Å²) in [6, 6.07) is 8.03. The minimum absolute atomic E-state index is 0.0289. The third-order valence-electron chi connectivity index (χ3n) is 5.11. The number of amides is 2. The van der Waals surface area contributed by atoms with Gasteiger partial charge in [0.15, 0.2) is 11.5 Å². The Labute approximate surface area is 169 Å². The Balaban J connectivity index is 1.64. The summed E-state index contributed by atoms with van der Waals surface area (Å²) in [4.78, 5) is 27.7. The van der Waals surface area contributed by atoms with Crippen molar-refractivity contribution in [3.63, 3.8) is 0 Å². The maximum atomic E-state index is 13.1. The summed E-state index contributed by atoms with van der Waals surface area (Å²) in [7, 11) is 0. The van der Waals surface area contributed by atoms with Gasteiger partial charge in [-0.3, -0.25) is 14.0 Å². The summed E-state index contributed by atoms with van der Waals surface area (Å²) in [6.07, 6.45) is -2.94. The van der Waals surface area contributed by atoms with Crippen molar-refractivity contribution in [2.75, 3.05) is 26.2 Å². The van der Waals surface area contributed by atoms with Gasteiger partial charge in [0.1, 0.15) is 0 Å². The molecule has 0 radical (unpaired) electrons. The standard InChI is InChI=1S/C20H18F3N5O2/c1-13(29)26-7-9-27(10-8-26)19(30)15-5-6-17-24-25-18(28(17)12-15)14-3-2-4-16(11-14)20(21,22)23/h2-6,11-12H,7-10H2,1H3. The SMILES string of the molecule is CC(=O)N1CCN(C(=O)c2ccc3nnc(-c4cccc(C(F)(F)F)c4)n3c2)CC1. The van der Waals surface area contributed by atoms with Crippen molar-refractivity contribution in [3.8, 4) is 11.4 Å². The van der Waals surface area contributed by atoms with Crippen molar-refractivity contribution in [1.82, 2.24) is 24.4 Å². The van der Waals surface area contributed by atoms with E-state index in [1.807, 2.05) is 0 Å². The topological polar surface area (TPSA) is 70.8 Å². The number of halogens is 3. The van der Waals surface area contributed by atoms with E-state index in [0.29, 0.717) is 37.4 Å². The largest absolute Gasteiger partial charge is 0.416 e. The molecular weight excluding hydrogens is 399 g/mol. The van der Waals surface area contributed by atoms with Crippen molar-refractivity contribution >= 4 is 17.5 Å². The number of hydrogen-bond donors (Lipinski definition) is 0. The summed E-state index contributed by atoms with van der Waals surface area (Å²) in [6.45, 7) is 3.25. The lowest BCUT2D eigenvalue weighted by Gasteiger charge is -2.34. The minimum Gasteiger partial charge on any atom is -0.339 e. The average Bonchev–Trinajstić information content (AvgIpc) is 3.16. The Morgan fingerprint density at radius 3 is 2.33 bits per heavy atom. The molecule has 2 aromatic heterocycles. The number of aromatic nitrogens is 3. The Hall–Kier alpha value is -3.43. The molecule has 30 heavy (non-hydrogen) atoms. The smallest absolute Gasteiger partial charge is 0.339 e. The molecule has 156 valence electrons. The second kappa shape index (κ2) is 7.43. The van der Waals surface area contributed by atoms with Gasteiger partial charge in [0.2, 0.25) is 5.91 Å². The van der Waals surface area contributed by atoms with Crippen molar-refractivity contribution in [2.24, 2.45) is 0 Å². The lowest BCUT2D eigenvalue weighted by Crippen LogP contribution is -2.50. The number of pyridine rings is 1. The molecule has 0 bridgehead atoms. The predicted molar refractivity (Wildman–Crippen MR) is 102 cm³/mol. The van der Waals surface area contributed by atoms with Gasteiger partial charge in [0, 0.05) is 44.9 Å². The lowest BCUT2D eigenvalue weighted by atomic mass is 10.1. The second-order valence-electron chi connectivity index (χ2n) is 7.05. The van der Waals surface area contributed by atoms with Gasteiger partial charge in [-0.1, -0.05) is 12.1 Å². The van der Waals surface area contributed by atoms with Crippen LogP contribution in [0.3, 0.4) is 0 Å². The number of carbonyl (C=O) groups is 2. The van der Waals surface area contributed by atoms with E-state index in [9.17, 15) is 22.8 Å². The summed E-state index contributed by atoms with van der Waals surface area (Å²) in [5, 5.41) is 8.00. The van der Waals surface area contributed by atoms with E-state index in [1.165, 1.54) is 29.7 Å². The van der Waals surface area contributed by atoms with Crippen molar-refractivity contribution in [3.05, 3.63) is 53.7 Å². The first-order chi connectivity index (χ1) is 14.2. The van der Waals surface area contributed by atoms with E-state index >= 15 is 0 Å². The molecule has 1 aromatic carbocycles. The van der Waals surface area contributed by atoms with E-state index in [4.69, 9.17) is 0 Å². The van der Waals surface area contributed by atoms with Gasteiger partial charge < -0.3 is 9.80 Å². The van der Waals surface area contributed by atoms with E-state index in [0.717, 1.165) is 12.1 Å². The van der Waals surface area contributed by atoms with Gasteiger partial charge in [0.05, 0.1) is 11.1 Å². The normalized spacial score (nSPS) is 14.9. The number of piperazine rings is 1. The maximum Gasteiger partial charge on any atom is 0.416 e. The Morgan fingerprint density at radius 2 is 1.67 bits per heavy atom. The first-order valence-corrected chi connectivity index (χ1v) is 9.31. The molecule has 1 saturated heterocycles. The van der Waals surface area contributed by atoms with Gasteiger partial charge in [0.25, 0.3) is 5.91 Å². The number of carbonyl (C=O) groups excluding carboxylic acids is 2. The molecule has 4 rings (SSSR count). The fourth-order valence-electron chi connectivity index (χ4n) is 3.46. The number of nitrogens with zero attached hydrogens (tertiary/aromatic N) is 5. The molecule has 3 heterocycles. The van der Waals surface area contributed by atoms with Gasteiger partial charge in [-0.25, -0.2) is 0 Å². The van der Waals surface area contributed by atoms with Crippen LogP contribution in [0.15, 0.2) is 42.6 Å². The highest BCUT2D eigenvalue weighted by Gasteiger charge is 2.31. The zero-order valence-electron chi connectivity index (χ0n) is 16.1. The molecule has 10 heteroatoms. The Kier molecular flexibility index (Phi) is 4.92. The Morgan fingerprint density at radius 1 is 0.967 bits per heavy atom. The molecule has 0 spiro atoms. The van der Waals surface area contributed by atoms with Crippen LogP contribution in [-0.4, -0.2) is 62.4 Å². The summed E-state index contributed by atoms with van der Waals surface area (Å²) in [5.41, 5.74) is 0.247. The van der Waals surface area contributed by atoms with Gasteiger partial charge >= 0.3 is 6.18 Å². The monoisotopic (exact) mass is 417 g/mol. The van der Waals surface area contributed by atoms with Crippen LogP contribution in [0.1, 0.15) is 22.8 Å². The van der Waals surface area contributed by atoms with Crippen molar-refractivity contribution in [1.29, 1.82) is 0 Å². The quantitative estimate of drug-likeness (QED) is 0.643. The predicted octanol–water partition coefficient (Wildman–Crippen LogP) is 2.72. The Bertz CT molecular complexity index is 1120. The molecule has 0 atom stereocenters. The molecule has 1 fully saturated rings. The van der Waals surface area contributed by atoms with Crippen LogP contribution in [0, 0.1) is 0 Å². The number of rotatable bonds is 2. The number of fused-ring (bicyclic) bond motifs is 1. The van der Waals surface area contributed by atoms with Crippen molar-refractivity contribution in [2.45, 2.75) is 13.1 Å². The molecule has 0 saturated carbocycles.